The van der Waals surface area contributed by atoms with Gasteiger partial charge in [-0.3, -0.25) is 19.3 Å². The molecular formula is C31H23ClN2O5S. The van der Waals surface area contributed by atoms with Crippen molar-refractivity contribution >= 4 is 63.1 Å². The van der Waals surface area contributed by atoms with Crippen LogP contribution in [0, 0.1) is 17.8 Å². The molecule has 9 heteroatoms. The number of thiophene rings is 1. The predicted octanol–water partition coefficient (Wildman–Crippen LogP) is 6.36. The first-order valence-corrected chi connectivity index (χ1v) is 14.1. The van der Waals surface area contributed by atoms with Crippen LogP contribution < -0.4 is 4.90 Å². The van der Waals surface area contributed by atoms with E-state index < -0.39 is 5.97 Å². The number of carbonyl (C=O) groups excluding carboxylic acids is 4. The van der Waals surface area contributed by atoms with Crippen LogP contribution in [0.25, 0.3) is 22.2 Å². The normalized spacial score (nSPS) is 20.1. The van der Waals surface area contributed by atoms with Gasteiger partial charge in [0.15, 0.2) is 6.61 Å². The Bertz CT molecular complexity index is 1700. The second-order valence-corrected chi connectivity index (χ2v) is 11.3. The summed E-state index contributed by atoms with van der Waals surface area (Å²) in [6.45, 7) is 1.58. The maximum Gasteiger partial charge on any atom is 0.339 e. The highest BCUT2D eigenvalue weighted by Crippen LogP contribution is 2.40. The van der Waals surface area contributed by atoms with Gasteiger partial charge >= 0.3 is 5.97 Å². The molecule has 3 atom stereocenters. The van der Waals surface area contributed by atoms with Crippen LogP contribution in [0.1, 0.15) is 33.4 Å². The fourth-order valence-electron chi connectivity index (χ4n) is 5.42. The minimum Gasteiger partial charge on any atom is -0.454 e. The Morgan fingerprint density at radius 3 is 2.60 bits per heavy atom. The van der Waals surface area contributed by atoms with Gasteiger partial charge in [0.1, 0.15) is 0 Å². The third-order valence-corrected chi connectivity index (χ3v) is 8.56. The maximum absolute atomic E-state index is 13.2. The first-order valence-electron chi connectivity index (χ1n) is 12.8. The van der Waals surface area contributed by atoms with Crippen molar-refractivity contribution in [1.82, 2.24) is 4.98 Å². The molecule has 7 nitrogen and oxygen atoms in total. The van der Waals surface area contributed by atoms with Crippen molar-refractivity contribution < 1.29 is 23.9 Å². The third-order valence-electron chi connectivity index (χ3n) is 7.41. The predicted molar refractivity (Wildman–Crippen MR) is 154 cm³/mol. The Labute approximate surface area is 239 Å². The lowest BCUT2D eigenvalue weighted by atomic mass is 9.78. The molecule has 2 amide bonds. The number of nitrogens with zero attached hydrogens (tertiary/aromatic N) is 2. The van der Waals surface area contributed by atoms with Gasteiger partial charge in [-0.05, 0) is 60.2 Å². The number of fused-ring (bicyclic) bond motifs is 2. The lowest BCUT2D eigenvalue weighted by molar-refractivity contribution is -0.122. The van der Waals surface area contributed by atoms with Crippen LogP contribution in [0.4, 0.5) is 5.69 Å². The first kappa shape index (κ1) is 26.1. The molecule has 1 fully saturated rings. The zero-order valence-electron chi connectivity index (χ0n) is 21.4. The van der Waals surface area contributed by atoms with Crippen LogP contribution >= 0.6 is 22.9 Å². The van der Waals surface area contributed by atoms with Gasteiger partial charge in [-0.25, -0.2) is 9.78 Å². The Morgan fingerprint density at radius 2 is 1.88 bits per heavy atom. The molecule has 0 bridgehead atoms. The smallest absolute Gasteiger partial charge is 0.339 e. The number of allylic oxidation sites excluding steroid dienone is 2. The second kappa shape index (κ2) is 10.4. The molecule has 1 aliphatic heterocycles. The van der Waals surface area contributed by atoms with Gasteiger partial charge in [0.25, 0.3) is 0 Å². The molecule has 3 unspecified atom stereocenters. The molecule has 2 aliphatic rings. The van der Waals surface area contributed by atoms with Crippen molar-refractivity contribution in [2.75, 3.05) is 11.5 Å². The first-order chi connectivity index (χ1) is 19.3. The summed E-state index contributed by atoms with van der Waals surface area (Å²) in [4.78, 5) is 58.3. The topological polar surface area (TPSA) is 93.6 Å². The summed E-state index contributed by atoms with van der Waals surface area (Å²) in [6.07, 6.45) is 4.54. The van der Waals surface area contributed by atoms with Gasteiger partial charge in [0.2, 0.25) is 17.6 Å². The van der Waals surface area contributed by atoms with Crippen molar-refractivity contribution in [2.45, 2.75) is 13.3 Å². The number of aromatic nitrogens is 1. The quantitative estimate of drug-likeness (QED) is 0.116. The number of ketones is 1. The SMILES string of the molecule is CC1C=CCC2C(=O)N(c3ccc(-c4cc(C(=O)OCC(=O)c5cccs5)c5cc(Cl)ccc5n4)cc3)C(=O)C12. The Morgan fingerprint density at radius 1 is 1.07 bits per heavy atom. The summed E-state index contributed by atoms with van der Waals surface area (Å²) < 4.78 is 5.38. The summed E-state index contributed by atoms with van der Waals surface area (Å²) in [7, 11) is 0. The average molecular weight is 571 g/mol. The third kappa shape index (κ3) is 4.63. The maximum atomic E-state index is 13.2. The van der Waals surface area contributed by atoms with E-state index in [2.05, 4.69) is 0 Å². The number of amides is 2. The van der Waals surface area contributed by atoms with Crippen molar-refractivity contribution in [3.63, 3.8) is 0 Å². The molecule has 2 aromatic heterocycles. The standard InChI is InChI=1S/C31H23ClN2O5S/c1-17-4-2-5-21-28(17)30(37)34(29(21)36)20-10-7-18(8-11-20)25-15-23(22-14-19(32)9-12-24(22)33-25)31(38)39-16-26(35)27-6-3-13-40-27/h2-4,6-15,17,21,28H,5,16H2,1H3. The summed E-state index contributed by atoms with van der Waals surface area (Å²) in [5, 5.41) is 2.71. The zero-order valence-corrected chi connectivity index (χ0v) is 22.9. The molecule has 3 heterocycles. The van der Waals surface area contributed by atoms with Gasteiger partial charge < -0.3 is 4.74 Å². The fraction of sp³-hybridized carbons (Fsp3) is 0.194. The van der Waals surface area contributed by atoms with Crippen molar-refractivity contribution in [3.8, 4) is 11.3 Å². The fourth-order valence-corrected chi connectivity index (χ4v) is 6.24. The molecule has 200 valence electrons. The largest absolute Gasteiger partial charge is 0.454 e. The lowest BCUT2D eigenvalue weighted by Crippen LogP contribution is -2.31. The van der Waals surface area contributed by atoms with Crippen molar-refractivity contribution in [1.29, 1.82) is 0 Å². The summed E-state index contributed by atoms with van der Waals surface area (Å²) in [5.41, 5.74) is 2.41. The number of Topliss-reactive ketones (excluding diaryl/α,β-unsaturated/α-hetero) is 1. The van der Waals surface area contributed by atoms with Crippen LogP contribution in [0.3, 0.4) is 0 Å². The van der Waals surface area contributed by atoms with Crippen molar-refractivity contribution in [3.05, 3.63) is 93.7 Å². The van der Waals surface area contributed by atoms with E-state index in [1.807, 2.05) is 19.1 Å². The highest BCUT2D eigenvalue weighted by molar-refractivity contribution is 7.12. The number of carbonyl (C=O) groups is 4. The van der Waals surface area contributed by atoms with E-state index in [1.54, 1.807) is 66.0 Å². The van der Waals surface area contributed by atoms with Crippen LogP contribution in [-0.2, 0) is 14.3 Å². The van der Waals surface area contributed by atoms with E-state index in [0.717, 1.165) is 0 Å². The zero-order chi connectivity index (χ0) is 28.0. The van der Waals surface area contributed by atoms with Crippen molar-refractivity contribution in [2.24, 2.45) is 17.8 Å². The van der Waals surface area contributed by atoms with Gasteiger partial charge in [0, 0.05) is 16.0 Å². The lowest BCUT2D eigenvalue weighted by Gasteiger charge is -2.22. The Kier molecular flexibility index (Phi) is 6.82. The number of imide groups is 1. The Balaban J connectivity index is 1.30. The molecule has 40 heavy (non-hydrogen) atoms. The molecule has 6 rings (SSSR count). The van der Waals surface area contributed by atoms with E-state index in [0.29, 0.717) is 44.2 Å². The summed E-state index contributed by atoms with van der Waals surface area (Å²) >= 11 is 7.49. The summed E-state index contributed by atoms with van der Waals surface area (Å²) in [6, 6.07) is 17.0. The van der Waals surface area contributed by atoms with Gasteiger partial charge in [0.05, 0.1) is 39.2 Å². The molecule has 4 aromatic rings. The van der Waals surface area contributed by atoms with Crippen LogP contribution in [0.5, 0.6) is 0 Å². The number of ether oxygens (including phenoxy) is 1. The number of pyridine rings is 1. The second-order valence-electron chi connectivity index (χ2n) is 9.91. The minimum atomic E-state index is -0.670. The number of halogens is 1. The highest BCUT2D eigenvalue weighted by Gasteiger charge is 2.50. The van der Waals surface area contributed by atoms with E-state index in [-0.39, 0.29) is 47.5 Å². The number of hydrogen-bond donors (Lipinski definition) is 0. The molecule has 0 spiro atoms. The molecule has 1 saturated heterocycles. The molecule has 0 saturated carbocycles. The highest BCUT2D eigenvalue weighted by atomic mass is 35.5. The average Bonchev–Trinajstić information content (AvgIpc) is 3.59. The van der Waals surface area contributed by atoms with Crippen LogP contribution in [0.15, 0.2) is 78.2 Å². The number of benzene rings is 2. The van der Waals surface area contributed by atoms with Gasteiger partial charge in [-0.15, -0.1) is 11.3 Å². The molecular weight excluding hydrogens is 548 g/mol. The number of rotatable bonds is 6. The minimum absolute atomic E-state index is 0.00792. The monoisotopic (exact) mass is 570 g/mol. The molecule has 1 aliphatic carbocycles. The number of esters is 1. The molecule has 0 N–H and O–H groups in total. The Hall–Kier alpha value is -4.14. The van der Waals surface area contributed by atoms with Crippen LogP contribution in [-0.4, -0.2) is 35.2 Å². The number of hydrogen-bond acceptors (Lipinski definition) is 7. The molecule has 0 radical (unpaired) electrons. The van der Waals surface area contributed by atoms with E-state index >= 15 is 0 Å². The molecule has 2 aromatic carbocycles. The van der Waals surface area contributed by atoms with E-state index in [9.17, 15) is 19.2 Å². The van der Waals surface area contributed by atoms with Gasteiger partial charge in [-0.1, -0.05) is 48.9 Å². The van der Waals surface area contributed by atoms with E-state index in [1.165, 1.54) is 16.2 Å². The van der Waals surface area contributed by atoms with Crippen LogP contribution in [0.2, 0.25) is 5.02 Å². The van der Waals surface area contributed by atoms with E-state index in [4.69, 9.17) is 21.3 Å². The summed E-state index contributed by atoms with van der Waals surface area (Å²) in [5.74, 6) is -1.98. The number of anilines is 1. The van der Waals surface area contributed by atoms with Gasteiger partial charge in [-0.2, -0.15) is 0 Å².